The van der Waals surface area contributed by atoms with Gasteiger partial charge in [-0.25, -0.2) is 0 Å². The first-order valence-corrected chi connectivity index (χ1v) is 4.52. The van der Waals surface area contributed by atoms with E-state index in [1.54, 1.807) is 0 Å². The third-order valence-corrected chi connectivity index (χ3v) is 1.78. The van der Waals surface area contributed by atoms with Gasteiger partial charge >= 0.3 is 0 Å². The molecule has 0 saturated heterocycles. The summed E-state index contributed by atoms with van der Waals surface area (Å²) < 4.78 is 0. The normalized spacial score (nSPS) is 9.53. The molecule has 80 valence electrons. The fraction of sp³-hybridized carbons (Fsp3) is 0.143. The monoisotopic (exact) mass is 248 g/mol. The molecule has 1 rings (SSSR count). The van der Waals surface area contributed by atoms with Crippen LogP contribution in [0.25, 0.3) is 0 Å². The van der Waals surface area contributed by atoms with Crippen molar-refractivity contribution in [1.82, 2.24) is 21.0 Å². The van der Waals surface area contributed by atoms with Crippen LogP contribution in [0.3, 0.4) is 0 Å². The third-order valence-electron chi connectivity index (χ3n) is 1.32. The molecule has 0 saturated carbocycles. The van der Waals surface area contributed by atoms with Crippen LogP contribution in [0, 0.1) is 0 Å². The summed E-state index contributed by atoms with van der Waals surface area (Å²) in [6, 6.07) is 1.24. The van der Waals surface area contributed by atoms with E-state index in [-0.39, 0.29) is 15.9 Å². The van der Waals surface area contributed by atoms with E-state index in [0.29, 0.717) is 0 Å². The quantitative estimate of drug-likeness (QED) is 0.712. The number of nitrogens with one attached hydrogen (secondary N) is 2. The highest BCUT2D eigenvalue weighted by Gasteiger charge is 2.12. The maximum atomic E-state index is 11.4. The summed E-state index contributed by atoms with van der Waals surface area (Å²) in [6.45, 7) is 1.25. The first-order chi connectivity index (χ1) is 7.00. The van der Waals surface area contributed by atoms with Gasteiger partial charge in [-0.1, -0.05) is 23.2 Å². The van der Waals surface area contributed by atoms with Gasteiger partial charge in [0.2, 0.25) is 5.91 Å². The molecule has 1 aromatic rings. The predicted molar refractivity (Wildman–Crippen MR) is 53.3 cm³/mol. The van der Waals surface area contributed by atoms with Gasteiger partial charge in [-0.3, -0.25) is 20.4 Å². The van der Waals surface area contributed by atoms with E-state index < -0.39 is 11.8 Å². The lowest BCUT2D eigenvalue weighted by Crippen LogP contribution is -2.40. The zero-order valence-corrected chi connectivity index (χ0v) is 9.06. The van der Waals surface area contributed by atoms with Crippen LogP contribution >= 0.6 is 23.2 Å². The zero-order chi connectivity index (χ0) is 11.4. The molecule has 0 aliphatic rings. The largest absolute Gasteiger partial charge is 0.274 e. The molecule has 0 radical (unpaired) electrons. The Bertz CT molecular complexity index is 410. The fourth-order valence-corrected chi connectivity index (χ4v) is 1.05. The van der Waals surface area contributed by atoms with Crippen LogP contribution in [-0.2, 0) is 4.79 Å². The van der Waals surface area contributed by atoms with Crippen molar-refractivity contribution >= 4 is 35.0 Å². The first-order valence-electron chi connectivity index (χ1n) is 3.76. The number of hydrazine groups is 1. The lowest BCUT2D eigenvalue weighted by Gasteiger charge is -2.05. The standard InChI is InChI=1S/C7H6Cl2N4O2/c1-3(14)10-13-7(15)4-2-5(8)11-12-6(4)9/h2H,1H3,(H,10,14)(H,13,15). The summed E-state index contributed by atoms with van der Waals surface area (Å²) in [5.74, 6) is -1.03. The van der Waals surface area contributed by atoms with Gasteiger partial charge in [0.25, 0.3) is 5.91 Å². The van der Waals surface area contributed by atoms with E-state index in [1.807, 2.05) is 0 Å². The molecule has 8 heteroatoms. The van der Waals surface area contributed by atoms with E-state index in [4.69, 9.17) is 23.2 Å². The molecule has 1 heterocycles. The van der Waals surface area contributed by atoms with Crippen molar-refractivity contribution < 1.29 is 9.59 Å². The number of amides is 2. The minimum absolute atomic E-state index is 0.0328. The number of hydrogen-bond acceptors (Lipinski definition) is 4. The fourth-order valence-electron chi connectivity index (χ4n) is 0.724. The smallest absolute Gasteiger partial charge is 0.272 e. The van der Waals surface area contributed by atoms with Crippen molar-refractivity contribution in [3.8, 4) is 0 Å². The SMILES string of the molecule is CC(=O)NNC(=O)c1cc(Cl)nnc1Cl. The van der Waals surface area contributed by atoms with E-state index in [0.717, 1.165) is 0 Å². The predicted octanol–water partition coefficient (Wildman–Crippen LogP) is 0.564. The van der Waals surface area contributed by atoms with Gasteiger partial charge in [0.15, 0.2) is 10.3 Å². The van der Waals surface area contributed by atoms with Crippen LogP contribution in [0.1, 0.15) is 17.3 Å². The maximum Gasteiger partial charge on any atom is 0.272 e. The summed E-state index contributed by atoms with van der Waals surface area (Å²) in [6.07, 6.45) is 0. The van der Waals surface area contributed by atoms with Gasteiger partial charge in [-0.15, -0.1) is 10.2 Å². The minimum Gasteiger partial charge on any atom is -0.274 e. The lowest BCUT2D eigenvalue weighted by atomic mass is 10.3. The second-order valence-corrected chi connectivity index (χ2v) is 3.25. The number of rotatable bonds is 1. The molecule has 1 aromatic heterocycles. The molecule has 0 aliphatic carbocycles. The molecule has 0 spiro atoms. The molecular weight excluding hydrogens is 243 g/mol. The van der Waals surface area contributed by atoms with Gasteiger partial charge in [0.1, 0.15) is 0 Å². The second-order valence-electron chi connectivity index (χ2n) is 2.51. The first kappa shape index (κ1) is 11.7. The van der Waals surface area contributed by atoms with E-state index in [2.05, 4.69) is 21.0 Å². The van der Waals surface area contributed by atoms with Crippen molar-refractivity contribution in [3.63, 3.8) is 0 Å². The Morgan fingerprint density at radius 2 is 1.93 bits per heavy atom. The van der Waals surface area contributed by atoms with E-state index in [1.165, 1.54) is 13.0 Å². The van der Waals surface area contributed by atoms with Crippen molar-refractivity contribution in [2.75, 3.05) is 0 Å². The van der Waals surface area contributed by atoms with Crippen molar-refractivity contribution in [1.29, 1.82) is 0 Å². The molecule has 0 fully saturated rings. The Labute approximate surface area is 94.9 Å². The van der Waals surface area contributed by atoms with Gasteiger partial charge in [0.05, 0.1) is 5.56 Å². The van der Waals surface area contributed by atoms with Gasteiger partial charge in [0, 0.05) is 6.92 Å². The van der Waals surface area contributed by atoms with Crippen LogP contribution < -0.4 is 10.9 Å². The molecular formula is C7H6Cl2N4O2. The number of carbonyl (C=O) groups excluding carboxylic acids is 2. The Morgan fingerprint density at radius 1 is 1.27 bits per heavy atom. The summed E-state index contributed by atoms with van der Waals surface area (Å²) in [5.41, 5.74) is 4.25. The molecule has 6 nitrogen and oxygen atoms in total. The molecule has 2 N–H and O–H groups in total. The number of hydrogen-bond donors (Lipinski definition) is 2. The average molecular weight is 249 g/mol. The minimum atomic E-state index is -0.619. The van der Waals surface area contributed by atoms with Crippen LogP contribution in [0.5, 0.6) is 0 Å². The van der Waals surface area contributed by atoms with Crippen LogP contribution in [0.15, 0.2) is 6.07 Å². The highest BCUT2D eigenvalue weighted by atomic mass is 35.5. The Hall–Kier alpha value is -1.40. The Kier molecular flexibility index (Phi) is 3.81. The highest BCUT2D eigenvalue weighted by Crippen LogP contribution is 2.14. The average Bonchev–Trinajstić information content (AvgIpc) is 2.18. The molecule has 0 atom stereocenters. The van der Waals surface area contributed by atoms with Crippen molar-refractivity contribution in [2.45, 2.75) is 6.92 Å². The van der Waals surface area contributed by atoms with Gasteiger partial charge in [-0.2, -0.15) is 0 Å². The summed E-state index contributed by atoms with van der Waals surface area (Å²) in [7, 11) is 0. The number of halogens is 2. The molecule has 0 unspecified atom stereocenters. The summed E-state index contributed by atoms with van der Waals surface area (Å²) in [5, 5.41) is 6.81. The number of nitrogens with zero attached hydrogens (tertiary/aromatic N) is 2. The lowest BCUT2D eigenvalue weighted by molar-refractivity contribution is -0.119. The van der Waals surface area contributed by atoms with Crippen molar-refractivity contribution in [3.05, 3.63) is 21.9 Å². The highest BCUT2D eigenvalue weighted by molar-refractivity contribution is 6.34. The third kappa shape index (κ3) is 3.34. The molecule has 15 heavy (non-hydrogen) atoms. The second kappa shape index (κ2) is 4.90. The topological polar surface area (TPSA) is 84.0 Å². The summed E-state index contributed by atoms with van der Waals surface area (Å²) in [4.78, 5) is 21.9. The summed E-state index contributed by atoms with van der Waals surface area (Å²) >= 11 is 11.1. The van der Waals surface area contributed by atoms with Crippen molar-refractivity contribution in [2.24, 2.45) is 0 Å². The van der Waals surface area contributed by atoms with Crippen LogP contribution in [0.4, 0.5) is 0 Å². The Morgan fingerprint density at radius 3 is 2.53 bits per heavy atom. The van der Waals surface area contributed by atoms with Crippen LogP contribution in [-0.4, -0.2) is 22.0 Å². The molecule has 0 bridgehead atoms. The molecule has 2 amide bonds. The molecule has 0 aromatic carbocycles. The maximum absolute atomic E-state index is 11.4. The molecule has 0 aliphatic heterocycles. The van der Waals surface area contributed by atoms with Gasteiger partial charge in [-0.05, 0) is 6.07 Å². The number of carbonyl (C=O) groups is 2. The van der Waals surface area contributed by atoms with Gasteiger partial charge < -0.3 is 0 Å². The van der Waals surface area contributed by atoms with Crippen LogP contribution in [0.2, 0.25) is 10.3 Å². The number of aromatic nitrogens is 2. The van der Waals surface area contributed by atoms with E-state index in [9.17, 15) is 9.59 Å². The van der Waals surface area contributed by atoms with E-state index >= 15 is 0 Å². The Balaban J connectivity index is 2.81. The zero-order valence-electron chi connectivity index (χ0n) is 7.54.